The zero-order valence-corrected chi connectivity index (χ0v) is 15.1. The minimum Gasteiger partial charge on any atom is -0.451 e. The summed E-state index contributed by atoms with van der Waals surface area (Å²) in [5.74, 6) is -1.57. The van der Waals surface area contributed by atoms with Gasteiger partial charge in [-0.15, -0.1) is 0 Å². The molecule has 8 heteroatoms. The molecule has 1 aromatic heterocycles. The standard InChI is InChI=1S/C20H19FN4O3/c1-11-14-4-2-3-5-16(14)28-18(11)20(27)25-24-19(26)15-10-22-23-17(15)12-6-8-13(21)9-7-12/h2-9,15,17,22-23H,10H2,1H3,(H,24,26)(H,25,27). The van der Waals surface area contributed by atoms with Gasteiger partial charge in [0.05, 0.1) is 12.0 Å². The van der Waals surface area contributed by atoms with Gasteiger partial charge in [0.1, 0.15) is 11.4 Å². The topological polar surface area (TPSA) is 95.4 Å². The van der Waals surface area contributed by atoms with Gasteiger partial charge in [-0.05, 0) is 30.7 Å². The highest BCUT2D eigenvalue weighted by Gasteiger charge is 2.34. The monoisotopic (exact) mass is 382 g/mol. The number of aryl methyl sites for hydroxylation is 1. The van der Waals surface area contributed by atoms with Gasteiger partial charge in [-0.2, -0.15) is 0 Å². The number of nitrogens with one attached hydrogen (secondary N) is 4. The Labute approximate surface area is 160 Å². The Kier molecular flexibility index (Phi) is 4.81. The van der Waals surface area contributed by atoms with Gasteiger partial charge in [0.15, 0.2) is 5.76 Å². The van der Waals surface area contributed by atoms with E-state index in [4.69, 9.17) is 4.42 Å². The average molecular weight is 382 g/mol. The Morgan fingerprint density at radius 1 is 1.11 bits per heavy atom. The van der Waals surface area contributed by atoms with Gasteiger partial charge in [-0.25, -0.2) is 9.82 Å². The molecule has 144 valence electrons. The van der Waals surface area contributed by atoms with Gasteiger partial charge in [0, 0.05) is 17.5 Å². The van der Waals surface area contributed by atoms with Crippen LogP contribution in [0, 0.1) is 18.7 Å². The number of halogens is 1. The molecule has 4 N–H and O–H groups in total. The summed E-state index contributed by atoms with van der Waals surface area (Å²) in [6.45, 7) is 2.16. The number of hydrazine groups is 2. The summed E-state index contributed by atoms with van der Waals surface area (Å²) >= 11 is 0. The van der Waals surface area contributed by atoms with Crippen LogP contribution in [0.1, 0.15) is 27.7 Å². The average Bonchev–Trinajstić information content (AvgIpc) is 3.32. The van der Waals surface area contributed by atoms with Gasteiger partial charge < -0.3 is 4.42 Å². The molecule has 7 nitrogen and oxygen atoms in total. The second kappa shape index (κ2) is 7.41. The van der Waals surface area contributed by atoms with Crippen molar-refractivity contribution in [3.63, 3.8) is 0 Å². The van der Waals surface area contributed by atoms with Gasteiger partial charge in [0.2, 0.25) is 5.91 Å². The highest BCUT2D eigenvalue weighted by molar-refractivity contribution is 5.99. The Morgan fingerprint density at radius 3 is 2.61 bits per heavy atom. The molecule has 2 unspecified atom stereocenters. The maximum Gasteiger partial charge on any atom is 0.305 e. The van der Waals surface area contributed by atoms with Gasteiger partial charge in [-0.3, -0.25) is 25.9 Å². The van der Waals surface area contributed by atoms with E-state index in [1.807, 2.05) is 18.2 Å². The summed E-state index contributed by atoms with van der Waals surface area (Å²) in [6.07, 6.45) is 0. The molecule has 0 bridgehead atoms. The van der Waals surface area contributed by atoms with E-state index in [9.17, 15) is 14.0 Å². The maximum absolute atomic E-state index is 13.1. The molecule has 0 radical (unpaired) electrons. The Balaban J connectivity index is 1.43. The summed E-state index contributed by atoms with van der Waals surface area (Å²) in [6, 6.07) is 12.9. The van der Waals surface area contributed by atoms with Crippen LogP contribution in [0.5, 0.6) is 0 Å². The van der Waals surface area contributed by atoms with Crippen LogP contribution in [0.15, 0.2) is 52.9 Å². The highest BCUT2D eigenvalue weighted by Crippen LogP contribution is 2.26. The Morgan fingerprint density at radius 2 is 1.86 bits per heavy atom. The lowest BCUT2D eigenvalue weighted by Gasteiger charge is -2.18. The summed E-state index contributed by atoms with van der Waals surface area (Å²) in [7, 11) is 0. The van der Waals surface area contributed by atoms with E-state index in [2.05, 4.69) is 21.7 Å². The predicted octanol–water partition coefficient (Wildman–Crippen LogP) is 2.11. The number of para-hydroxylation sites is 1. The van der Waals surface area contributed by atoms with Crippen molar-refractivity contribution in [2.45, 2.75) is 13.0 Å². The fourth-order valence-electron chi connectivity index (χ4n) is 3.39. The number of benzene rings is 2. The zero-order chi connectivity index (χ0) is 19.7. The number of carbonyl (C=O) groups excluding carboxylic acids is 2. The number of carbonyl (C=O) groups is 2. The van der Waals surface area contributed by atoms with Crippen molar-refractivity contribution >= 4 is 22.8 Å². The molecule has 1 aliphatic heterocycles. The van der Waals surface area contributed by atoms with E-state index >= 15 is 0 Å². The van der Waals surface area contributed by atoms with Gasteiger partial charge >= 0.3 is 5.91 Å². The molecule has 1 aliphatic rings. The number of rotatable bonds is 3. The number of furan rings is 1. The lowest BCUT2D eigenvalue weighted by Crippen LogP contribution is -2.46. The number of fused-ring (bicyclic) bond motifs is 1. The van der Waals surface area contributed by atoms with E-state index in [-0.39, 0.29) is 23.5 Å². The summed E-state index contributed by atoms with van der Waals surface area (Å²) in [5.41, 5.74) is 12.9. The third kappa shape index (κ3) is 3.35. The normalized spacial score (nSPS) is 18.9. The van der Waals surface area contributed by atoms with Gasteiger partial charge in [0.25, 0.3) is 0 Å². The highest BCUT2D eigenvalue weighted by atomic mass is 19.1. The molecule has 2 atom stereocenters. The number of hydrogen-bond donors (Lipinski definition) is 4. The first-order chi connectivity index (χ1) is 13.5. The summed E-state index contributed by atoms with van der Waals surface area (Å²) in [5, 5.41) is 0.847. The van der Waals surface area contributed by atoms with E-state index in [0.717, 1.165) is 10.9 Å². The van der Waals surface area contributed by atoms with Crippen molar-refractivity contribution in [1.82, 2.24) is 21.7 Å². The quantitative estimate of drug-likeness (QED) is 0.521. The molecule has 2 heterocycles. The lowest BCUT2D eigenvalue weighted by atomic mass is 9.94. The molecule has 0 aliphatic carbocycles. The minimum atomic E-state index is -0.528. The molecule has 28 heavy (non-hydrogen) atoms. The fourth-order valence-corrected chi connectivity index (χ4v) is 3.39. The van der Waals surface area contributed by atoms with E-state index in [0.29, 0.717) is 17.7 Å². The third-order valence-electron chi connectivity index (χ3n) is 4.90. The van der Waals surface area contributed by atoms with E-state index in [1.54, 1.807) is 25.1 Å². The molecule has 4 rings (SSSR count). The lowest BCUT2D eigenvalue weighted by molar-refractivity contribution is -0.125. The fraction of sp³-hybridized carbons (Fsp3) is 0.200. The van der Waals surface area contributed by atoms with Crippen LogP contribution in [-0.2, 0) is 4.79 Å². The van der Waals surface area contributed by atoms with Crippen molar-refractivity contribution in [2.24, 2.45) is 5.92 Å². The predicted molar refractivity (Wildman–Crippen MR) is 100 cm³/mol. The smallest absolute Gasteiger partial charge is 0.305 e. The van der Waals surface area contributed by atoms with Crippen LogP contribution >= 0.6 is 0 Å². The number of amides is 2. The van der Waals surface area contributed by atoms with Crippen LogP contribution in [0.3, 0.4) is 0 Å². The maximum atomic E-state index is 13.1. The van der Waals surface area contributed by atoms with Crippen LogP contribution in [-0.4, -0.2) is 18.4 Å². The van der Waals surface area contributed by atoms with Crippen LogP contribution in [0.25, 0.3) is 11.0 Å². The van der Waals surface area contributed by atoms with Crippen LogP contribution < -0.4 is 21.7 Å². The van der Waals surface area contributed by atoms with Crippen molar-refractivity contribution in [1.29, 1.82) is 0 Å². The number of hydrogen-bond acceptors (Lipinski definition) is 5. The Hall–Kier alpha value is -3.23. The van der Waals surface area contributed by atoms with E-state index < -0.39 is 11.8 Å². The summed E-state index contributed by atoms with van der Waals surface area (Å²) < 4.78 is 18.7. The van der Waals surface area contributed by atoms with Crippen molar-refractivity contribution in [3.8, 4) is 0 Å². The van der Waals surface area contributed by atoms with Crippen LogP contribution in [0.2, 0.25) is 0 Å². The SMILES string of the molecule is Cc1c(C(=O)NNC(=O)C2CNNC2c2ccc(F)cc2)oc2ccccc12. The molecule has 0 spiro atoms. The van der Waals surface area contributed by atoms with Crippen molar-refractivity contribution in [3.05, 3.63) is 71.2 Å². The van der Waals surface area contributed by atoms with Crippen LogP contribution in [0.4, 0.5) is 4.39 Å². The molecule has 1 fully saturated rings. The largest absolute Gasteiger partial charge is 0.451 e. The summed E-state index contributed by atoms with van der Waals surface area (Å²) in [4.78, 5) is 25.0. The first-order valence-corrected chi connectivity index (χ1v) is 8.87. The zero-order valence-electron chi connectivity index (χ0n) is 15.1. The molecule has 1 saturated heterocycles. The molecule has 2 aromatic carbocycles. The first kappa shape index (κ1) is 18.1. The van der Waals surface area contributed by atoms with Gasteiger partial charge in [-0.1, -0.05) is 30.3 Å². The van der Waals surface area contributed by atoms with Crippen molar-refractivity contribution < 1.29 is 18.4 Å². The van der Waals surface area contributed by atoms with E-state index in [1.165, 1.54) is 12.1 Å². The molecular weight excluding hydrogens is 363 g/mol. The minimum absolute atomic E-state index is 0.152. The molecular formula is C20H19FN4O3. The van der Waals surface area contributed by atoms with Crippen molar-refractivity contribution in [2.75, 3.05) is 6.54 Å². The Bertz CT molecular complexity index is 1030. The second-order valence-corrected chi connectivity index (χ2v) is 6.66. The molecule has 3 aromatic rings. The first-order valence-electron chi connectivity index (χ1n) is 8.87. The third-order valence-corrected chi connectivity index (χ3v) is 4.90. The molecule has 0 saturated carbocycles. The molecule has 2 amide bonds. The second-order valence-electron chi connectivity index (χ2n) is 6.66.